The van der Waals surface area contributed by atoms with Gasteiger partial charge in [-0.3, -0.25) is 9.59 Å². The van der Waals surface area contributed by atoms with Gasteiger partial charge in [-0.05, 0) is 47.7 Å². The number of allylic oxidation sites excluding steroid dienone is 3. The number of rotatable bonds is 6. The van der Waals surface area contributed by atoms with E-state index in [1.165, 1.54) is 18.2 Å². The van der Waals surface area contributed by atoms with E-state index in [0.717, 1.165) is 17.2 Å². The summed E-state index contributed by atoms with van der Waals surface area (Å²) in [6.45, 7) is 0.322. The first-order chi connectivity index (χ1) is 14.0. The fourth-order valence-corrected chi connectivity index (χ4v) is 2.54. The summed E-state index contributed by atoms with van der Waals surface area (Å²) in [6, 6.07) is 10.5. The van der Waals surface area contributed by atoms with Crippen LogP contribution in [0, 0.1) is 12.2 Å². The standard InChI is InChI=1S/C22H20FN4O2.3H2/c23-18-8-9-19(24)20(12-18)27-22(29)17-6-3-16(4-7-17)14-26-21(28)10-5-15-2-1-11-25-13-15;;;/h1-13,25H,14,24H2,(H,26,28)(H,27,29);3*1H/b10-5+;;;. The molecule has 0 saturated heterocycles. The van der Waals surface area contributed by atoms with Crippen LogP contribution in [0.1, 0.15) is 20.2 Å². The first-order valence-corrected chi connectivity index (χ1v) is 8.88. The maximum atomic E-state index is 13.3. The largest absolute Gasteiger partial charge is 0.397 e. The van der Waals surface area contributed by atoms with Crippen molar-refractivity contribution in [1.82, 2.24) is 10.6 Å². The Kier molecular flexibility index (Phi) is 6.42. The molecule has 0 unspecified atom stereocenters. The summed E-state index contributed by atoms with van der Waals surface area (Å²) in [6.07, 6.45) is 10.4. The van der Waals surface area contributed by atoms with Crippen LogP contribution >= 0.6 is 0 Å². The molecule has 1 aliphatic rings. The molecule has 5 N–H and O–H groups in total. The van der Waals surface area contributed by atoms with E-state index < -0.39 is 11.7 Å². The molecule has 0 aliphatic carbocycles. The Bertz CT molecular complexity index is 1010. The molecule has 2 aromatic rings. The lowest BCUT2D eigenvalue weighted by atomic mass is 10.1. The van der Waals surface area contributed by atoms with Crippen molar-refractivity contribution in [3.05, 3.63) is 102 Å². The van der Waals surface area contributed by atoms with Crippen molar-refractivity contribution in [2.24, 2.45) is 0 Å². The summed E-state index contributed by atoms with van der Waals surface area (Å²) in [5.41, 5.74) is 8.35. The summed E-state index contributed by atoms with van der Waals surface area (Å²) in [7, 11) is 0. The number of halogens is 1. The first-order valence-electron chi connectivity index (χ1n) is 8.88. The quantitative estimate of drug-likeness (QED) is 0.441. The zero-order chi connectivity index (χ0) is 20.6. The third kappa shape index (κ3) is 5.80. The highest BCUT2D eigenvalue weighted by atomic mass is 19.1. The maximum Gasteiger partial charge on any atom is 0.255 e. The zero-order valence-corrected chi connectivity index (χ0v) is 15.5. The Morgan fingerprint density at radius 2 is 1.97 bits per heavy atom. The minimum atomic E-state index is -0.486. The Morgan fingerprint density at radius 3 is 2.69 bits per heavy atom. The predicted octanol–water partition coefficient (Wildman–Crippen LogP) is 3.78. The van der Waals surface area contributed by atoms with Gasteiger partial charge in [0.25, 0.3) is 5.91 Å². The number of nitrogen functional groups attached to an aromatic ring is 1. The SMILES string of the molecule is Nc1ccc(F)cc1NC(=O)c1ccc(CNC(=O)/C=C/C2=CNC=C[CH]2)cc1.[HH].[HH].[HH]. The van der Waals surface area contributed by atoms with Crippen molar-refractivity contribution in [2.45, 2.75) is 6.54 Å². The molecule has 7 heteroatoms. The fourth-order valence-electron chi connectivity index (χ4n) is 2.54. The van der Waals surface area contributed by atoms with Crippen molar-refractivity contribution < 1.29 is 18.3 Å². The number of nitrogens with one attached hydrogen (secondary N) is 3. The van der Waals surface area contributed by atoms with Gasteiger partial charge in [-0.1, -0.05) is 24.3 Å². The van der Waals surface area contributed by atoms with Crippen LogP contribution in [0.5, 0.6) is 0 Å². The van der Waals surface area contributed by atoms with Gasteiger partial charge in [0.2, 0.25) is 5.91 Å². The van der Waals surface area contributed by atoms with E-state index in [2.05, 4.69) is 16.0 Å². The van der Waals surface area contributed by atoms with Gasteiger partial charge in [0.15, 0.2) is 0 Å². The van der Waals surface area contributed by atoms with Crippen molar-refractivity contribution >= 4 is 23.2 Å². The summed E-state index contributed by atoms with van der Waals surface area (Å²) in [5, 5.41) is 8.30. The van der Waals surface area contributed by atoms with E-state index in [1.807, 2.05) is 12.5 Å². The van der Waals surface area contributed by atoms with E-state index >= 15 is 0 Å². The van der Waals surface area contributed by atoms with Crippen LogP contribution < -0.4 is 21.7 Å². The van der Waals surface area contributed by atoms with Gasteiger partial charge < -0.3 is 21.7 Å². The summed E-state index contributed by atoms with van der Waals surface area (Å²) in [4.78, 5) is 24.2. The molecule has 1 radical (unpaired) electrons. The molecule has 0 aromatic heterocycles. The normalized spacial score (nSPS) is 12.9. The van der Waals surface area contributed by atoms with Crippen LogP contribution in [0.4, 0.5) is 15.8 Å². The van der Waals surface area contributed by atoms with Gasteiger partial charge in [0.05, 0.1) is 11.4 Å². The van der Waals surface area contributed by atoms with E-state index in [0.29, 0.717) is 12.1 Å². The molecular weight excluding hydrogens is 371 g/mol. The van der Waals surface area contributed by atoms with E-state index in [1.54, 1.807) is 42.7 Å². The molecule has 1 aliphatic heterocycles. The minimum Gasteiger partial charge on any atom is -0.397 e. The second-order valence-corrected chi connectivity index (χ2v) is 6.27. The average molecular weight is 397 g/mol. The van der Waals surface area contributed by atoms with Gasteiger partial charge in [-0.25, -0.2) is 4.39 Å². The van der Waals surface area contributed by atoms with Crippen molar-refractivity contribution in [1.29, 1.82) is 0 Å². The summed E-state index contributed by atoms with van der Waals surface area (Å²) in [5.74, 6) is -1.11. The third-order valence-electron chi connectivity index (χ3n) is 4.10. The number of amides is 2. The molecule has 0 spiro atoms. The summed E-state index contributed by atoms with van der Waals surface area (Å²) < 4.78 is 13.3. The third-order valence-corrected chi connectivity index (χ3v) is 4.10. The second kappa shape index (κ2) is 9.36. The highest BCUT2D eigenvalue weighted by Crippen LogP contribution is 2.20. The Hall–Kier alpha value is -3.87. The molecule has 0 bridgehead atoms. The topological polar surface area (TPSA) is 96.2 Å². The molecule has 1 heterocycles. The van der Waals surface area contributed by atoms with E-state index in [4.69, 9.17) is 5.73 Å². The molecule has 0 atom stereocenters. The Balaban J connectivity index is 0.00000320. The van der Waals surface area contributed by atoms with Crippen molar-refractivity contribution in [3.8, 4) is 0 Å². The van der Waals surface area contributed by atoms with Gasteiger partial charge in [0.1, 0.15) is 5.82 Å². The molecule has 29 heavy (non-hydrogen) atoms. The lowest BCUT2D eigenvalue weighted by Gasteiger charge is -2.09. The predicted molar refractivity (Wildman–Crippen MR) is 117 cm³/mol. The molecule has 153 valence electrons. The number of hydrogen-bond donors (Lipinski definition) is 4. The number of nitrogens with two attached hydrogens (primary N) is 1. The molecule has 0 fully saturated rings. The lowest BCUT2D eigenvalue weighted by Crippen LogP contribution is -2.20. The highest BCUT2D eigenvalue weighted by Gasteiger charge is 2.09. The number of dihydropyridines is 1. The molecule has 2 aromatic carbocycles. The second-order valence-electron chi connectivity index (χ2n) is 6.27. The average Bonchev–Trinajstić information content (AvgIpc) is 2.74. The zero-order valence-electron chi connectivity index (χ0n) is 15.5. The smallest absolute Gasteiger partial charge is 0.255 e. The molecule has 6 nitrogen and oxygen atoms in total. The molecule has 2 amide bonds. The van der Waals surface area contributed by atoms with Crippen LogP contribution in [-0.4, -0.2) is 11.8 Å². The van der Waals surface area contributed by atoms with Gasteiger partial charge >= 0.3 is 0 Å². The maximum absolute atomic E-state index is 13.3. The van der Waals surface area contributed by atoms with E-state index in [-0.39, 0.29) is 21.6 Å². The Morgan fingerprint density at radius 1 is 1.17 bits per heavy atom. The Labute approximate surface area is 172 Å². The van der Waals surface area contributed by atoms with Gasteiger partial charge in [0, 0.05) is 35.1 Å². The molecule has 3 rings (SSSR count). The number of benzene rings is 2. The highest BCUT2D eigenvalue weighted by molar-refractivity contribution is 6.05. The van der Waals surface area contributed by atoms with Crippen LogP contribution in [0.25, 0.3) is 0 Å². The van der Waals surface area contributed by atoms with E-state index in [9.17, 15) is 14.0 Å². The first kappa shape index (κ1) is 19.9. The number of anilines is 2. The summed E-state index contributed by atoms with van der Waals surface area (Å²) >= 11 is 0. The number of hydrogen-bond acceptors (Lipinski definition) is 4. The monoisotopic (exact) mass is 397 g/mol. The lowest BCUT2D eigenvalue weighted by molar-refractivity contribution is -0.116. The van der Waals surface area contributed by atoms with Crippen LogP contribution in [0.2, 0.25) is 0 Å². The number of carbonyl (C=O) groups excluding carboxylic acids is 2. The van der Waals surface area contributed by atoms with Gasteiger partial charge in [-0.15, -0.1) is 0 Å². The molecular formula is C22H26FN4O2. The van der Waals surface area contributed by atoms with Crippen LogP contribution in [0.15, 0.2) is 78.7 Å². The minimum absolute atomic E-state index is 0. The molecule has 0 saturated carbocycles. The fraction of sp³-hybridized carbons (Fsp3) is 0.0455. The van der Waals surface area contributed by atoms with Crippen LogP contribution in [0.3, 0.4) is 0 Å². The number of carbonyl (C=O) groups is 2. The van der Waals surface area contributed by atoms with Gasteiger partial charge in [-0.2, -0.15) is 0 Å². The van der Waals surface area contributed by atoms with Crippen molar-refractivity contribution in [3.63, 3.8) is 0 Å². The van der Waals surface area contributed by atoms with Crippen LogP contribution in [-0.2, 0) is 11.3 Å². The van der Waals surface area contributed by atoms with Crippen molar-refractivity contribution in [2.75, 3.05) is 11.1 Å².